The van der Waals surface area contributed by atoms with Crippen molar-refractivity contribution >= 4 is 5.91 Å². The number of aromatic nitrogens is 6. The molecule has 0 spiro atoms. The Labute approximate surface area is 143 Å². The van der Waals surface area contributed by atoms with E-state index in [1.807, 2.05) is 10.8 Å². The standard InChI is InChI=1S/C16H16FN7O/c17-14-5-18-2-1-13(14)16(25)23-7-12(8-24-11-19-10-21-24)6-22-4-3-20-15(22)9-23/h1-5,10-12H,6-9H2/t12-/m0/s1. The summed E-state index contributed by atoms with van der Waals surface area (Å²) in [5.74, 6) is -0.0947. The van der Waals surface area contributed by atoms with Gasteiger partial charge in [0.1, 0.15) is 18.5 Å². The van der Waals surface area contributed by atoms with E-state index in [4.69, 9.17) is 0 Å². The van der Waals surface area contributed by atoms with Gasteiger partial charge in [-0.1, -0.05) is 0 Å². The van der Waals surface area contributed by atoms with Crippen LogP contribution in [0.3, 0.4) is 0 Å². The maximum Gasteiger partial charge on any atom is 0.257 e. The van der Waals surface area contributed by atoms with Crippen molar-refractivity contribution in [3.63, 3.8) is 0 Å². The van der Waals surface area contributed by atoms with Gasteiger partial charge >= 0.3 is 0 Å². The predicted octanol–water partition coefficient (Wildman–Crippen LogP) is 0.981. The Balaban J connectivity index is 1.62. The van der Waals surface area contributed by atoms with Crippen molar-refractivity contribution in [1.82, 2.24) is 34.2 Å². The number of nitrogens with zero attached hydrogens (tertiary/aromatic N) is 7. The van der Waals surface area contributed by atoms with Gasteiger partial charge in [-0.2, -0.15) is 5.10 Å². The molecule has 1 aliphatic heterocycles. The third-order valence-electron chi connectivity index (χ3n) is 4.27. The molecule has 0 saturated carbocycles. The molecule has 0 fully saturated rings. The van der Waals surface area contributed by atoms with Gasteiger partial charge in [0, 0.05) is 44.1 Å². The Morgan fingerprint density at radius 2 is 2.20 bits per heavy atom. The lowest BCUT2D eigenvalue weighted by molar-refractivity contribution is 0.0707. The highest BCUT2D eigenvalue weighted by Gasteiger charge is 2.28. The predicted molar refractivity (Wildman–Crippen MR) is 84.7 cm³/mol. The van der Waals surface area contributed by atoms with E-state index in [-0.39, 0.29) is 17.4 Å². The Kier molecular flexibility index (Phi) is 3.96. The molecule has 3 aromatic rings. The summed E-state index contributed by atoms with van der Waals surface area (Å²) < 4.78 is 17.7. The smallest absolute Gasteiger partial charge is 0.257 e. The van der Waals surface area contributed by atoms with E-state index in [2.05, 4.69) is 20.1 Å². The van der Waals surface area contributed by atoms with E-state index in [0.717, 1.165) is 12.0 Å². The fourth-order valence-corrected chi connectivity index (χ4v) is 3.12. The zero-order valence-electron chi connectivity index (χ0n) is 13.4. The molecule has 0 bridgehead atoms. The Bertz CT molecular complexity index is 876. The van der Waals surface area contributed by atoms with E-state index < -0.39 is 5.82 Å². The maximum absolute atomic E-state index is 14.0. The molecular weight excluding hydrogens is 325 g/mol. The van der Waals surface area contributed by atoms with Gasteiger partial charge in [0.05, 0.1) is 18.3 Å². The summed E-state index contributed by atoms with van der Waals surface area (Å²) in [6, 6.07) is 1.40. The third-order valence-corrected chi connectivity index (χ3v) is 4.27. The van der Waals surface area contributed by atoms with Crippen LogP contribution in [0.2, 0.25) is 0 Å². The lowest BCUT2D eigenvalue weighted by atomic mass is 10.1. The van der Waals surface area contributed by atoms with Gasteiger partial charge in [-0.3, -0.25) is 14.5 Å². The first-order valence-corrected chi connectivity index (χ1v) is 7.92. The molecule has 0 N–H and O–H groups in total. The first-order chi connectivity index (χ1) is 12.2. The minimum Gasteiger partial charge on any atom is -0.333 e. The molecule has 0 aliphatic carbocycles. The van der Waals surface area contributed by atoms with E-state index in [1.54, 1.807) is 22.1 Å². The van der Waals surface area contributed by atoms with Crippen molar-refractivity contribution in [2.24, 2.45) is 5.92 Å². The van der Waals surface area contributed by atoms with Gasteiger partial charge in [0.15, 0.2) is 5.82 Å². The molecule has 1 amide bonds. The van der Waals surface area contributed by atoms with Crippen molar-refractivity contribution in [1.29, 1.82) is 0 Å². The lowest BCUT2D eigenvalue weighted by Gasteiger charge is -2.24. The largest absolute Gasteiger partial charge is 0.333 e. The first-order valence-electron chi connectivity index (χ1n) is 7.92. The van der Waals surface area contributed by atoms with Crippen LogP contribution in [0.1, 0.15) is 16.2 Å². The summed E-state index contributed by atoms with van der Waals surface area (Å²) >= 11 is 0. The van der Waals surface area contributed by atoms with Crippen molar-refractivity contribution < 1.29 is 9.18 Å². The van der Waals surface area contributed by atoms with Gasteiger partial charge in [0.2, 0.25) is 0 Å². The monoisotopic (exact) mass is 341 g/mol. The zero-order chi connectivity index (χ0) is 17.2. The molecule has 0 radical (unpaired) electrons. The molecule has 3 aromatic heterocycles. The number of carbonyl (C=O) groups is 1. The van der Waals surface area contributed by atoms with Crippen LogP contribution in [0.15, 0.2) is 43.5 Å². The zero-order valence-corrected chi connectivity index (χ0v) is 13.4. The first kappa shape index (κ1) is 15.4. The van der Waals surface area contributed by atoms with Crippen LogP contribution in [0.25, 0.3) is 0 Å². The highest BCUT2D eigenvalue weighted by Crippen LogP contribution is 2.19. The SMILES string of the molecule is O=C(c1ccncc1F)N1Cc2nccn2C[C@H](Cn2cncn2)C1. The normalized spacial score (nSPS) is 17.2. The second kappa shape index (κ2) is 6.42. The number of halogens is 1. The number of hydrogen-bond donors (Lipinski definition) is 0. The minimum atomic E-state index is -0.618. The summed E-state index contributed by atoms with van der Waals surface area (Å²) in [5.41, 5.74) is 0.0227. The molecule has 4 heterocycles. The minimum absolute atomic E-state index is 0.0227. The summed E-state index contributed by atoms with van der Waals surface area (Å²) in [6.45, 7) is 2.13. The molecule has 1 atom stereocenters. The van der Waals surface area contributed by atoms with Crippen LogP contribution in [-0.2, 0) is 19.6 Å². The molecule has 0 unspecified atom stereocenters. The fourth-order valence-electron chi connectivity index (χ4n) is 3.12. The number of fused-ring (bicyclic) bond motifs is 1. The van der Waals surface area contributed by atoms with Gasteiger partial charge < -0.3 is 9.47 Å². The molecule has 0 aromatic carbocycles. The van der Waals surface area contributed by atoms with Crippen molar-refractivity contribution in [2.45, 2.75) is 19.6 Å². The van der Waals surface area contributed by atoms with E-state index in [0.29, 0.717) is 26.2 Å². The average Bonchev–Trinajstić information content (AvgIpc) is 3.23. The van der Waals surface area contributed by atoms with Crippen molar-refractivity contribution in [3.8, 4) is 0 Å². The van der Waals surface area contributed by atoms with E-state index >= 15 is 0 Å². The lowest BCUT2D eigenvalue weighted by Crippen LogP contribution is -2.35. The summed E-state index contributed by atoms with van der Waals surface area (Å²) in [7, 11) is 0. The highest BCUT2D eigenvalue weighted by atomic mass is 19.1. The second-order valence-corrected chi connectivity index (χ2v) is 6.02. The number of carbonyl (C=O) groups excluding carboxylic acids is 1. The molecule has 1 aliphatic rings. The van der Waals surface area contributed by atoms with Gasteiger partial charge in [-0.05, 0) is 6.07 Å². The molecule has 25 heavy (non-hydrogen) atoms. The molecular formula is C16H16FN7O. The summed E-state index contributed by atoms with van der Waals surface area (Å²) in [6.07, 6.45) is 9.21. The van der Waals surface area contributed by atoms with E-state index in [1.165, 1.54) is 18.6 Å². The Morgan fingerprint density at radius 1 is 1.28 bits per heavy atom. The highest BCUT2D eigenvalue weighted by molar-refractivity contribution is 5.94. The summed E-state index contributed by atoms with van der Waals surface area (Å²) in [4.78, 5) is 26.5. The number of imidazole rings is 1. The van der Waals surface area contributed by atoms with Gasteiger partial charge in [-0.25, -0.2) is 14.4 Å². The number of hydrogen-bond acceptors (Lipinski definition) is 5. The van der Waals surface area contributed by atoms with Crippen LogP contribution in [0, 0.1) is 11.7 Å². The van der Waals surface area contributed by atoms with Crippen molar-refractivity contribution in [2.75, 3.05) is 6.54 Å². The maximum atomic E-state index is 14.0. The average molecular weight is 341 g/mol. The Morgan fingerprint density at radius 3 is 3.00 bits per heavy atom. The molecule has 8 nitrogen and oxygen atoms in total. The second-order valence-electron chi connectivity index (χ2n) is 6.02. The van der Waals surface area contributed by atoms with E-state index in [9.17, 15) is 9.18 Å². The van der Waals surface area contributed by atoms with Crippen LogP contribution < -0.4 is 0 Å². The fraction of sp³-hybridized carbons (Fsp3) is 0.312. The van der Waals surface area contributed by atoms with Crippen LogP contribution in [-0.4, -0.2) is 46.7 Å². The van der Waals surface area contributed by atoms with Crippen molar-refractivity contribution in [3.05, 3.63) is 60.7 Å². The Hall–Kier alpha value is -3.10. The molecule has 0 saturated heterocycles. The topological polar surface area (TPSA) is 81.7 Å². The number of amides is 1. The van der Waals surface area contributed by atoms with Gasteiger partial charge in [0.25, 0.3) is 5.91 Å². The molecule has 4 rings (SSSR count). The van der Waals surface area contributed by atoms with Crippen LogP contribution in [0.5, 0.6) is 0 Å². The molecule has 9 heteroatoms. The molecule has 128 valence electrons. The third kappa shape index (κ3) is 3.12. The quantitative estimate of drug-likeness (QED) is 0.709. The summed E-state index contributed by atoms with van der Waals surface area (Å²) in [5, 5.41) is 4.14. The number of pyridine rings is 1. The van der Waals surface area contributed by atoms with Crippen LogP contribution in [0.4, 0.5) is 4.39 Å². The van der Waals surface area contributed by atoms with Gasteiger partial charge in [-0.15, -0.1) is 0 Å². The number of rotatable bonds is 3. The van der Waals surface area contributed by atoms with Crippen LogP contribution >= 0.6 is 0 Å².